The average molecular weight is 191 g/mol. The molecule has 0 heterocycles. The van der Waals surface area contributed by atoms with Gasteiger partial charge in [0.1, 0.15) is 0 Å². The maximum absolute atomic E-state index is 10.4. The second-order valence-corrected chi connectivity index (χ2v) is 3.05. The Morgan fingerprint density at radius 3 is 2.93 bits per heavy atom. The molecular weight excluding hydrogens is 178 g/mol. The first-order chi connectivity index (χ1) is 6.63. The summed E-state index contributed by atoms with van der Waals surface area (Å²) in [4.78, 5) is 10.4. The zero-order valence-corrected chi connectivity index (χ0v) is 8.03. The first kappa shape index (κ1) is 10.3. The Hall–Kier alpha value is -1.77. The fourth-order valence-corrected chi connectivity index (χ4v) is 1.22. The number of benzene rings is 1. The Bertz CT molecular complexity index is 347. The molecule has 0 aliphatic heterocycles. The Labute approximate surface area is 83.1 Å². The van der Waals surface area contributed by atoms with Gasteiger partial charge in [-0.25, -0.2) is 4.79 Å². The Morgan fingerprint density at radius 2 is 2.36 bits per heavy atom. The van der Waals surface area contributed by atoms with E-state index in [-0.39, 0.29) is 6.04 Å². The summed E-state index contributed by atoms with van der Waals surface area (Å²) in [5, 5.41) is 10.9. The fourth-order valence-electron chi connectivity index (χ4n) is 1.22. The highest BCUT2D eigenvalue weighted by molar-refractivity contribution is 5.65. The number of carbonyl (C=O) groups is 1. The van der Waals surface area contributed by atoms with Gasteiger partial charge in [-0.15, -0.1) is 0 Å². The van der Waals surface area contributed by atoms with E-state index in [4.69, 9.17) is 5.11 Å². The summed E-state index contributed by atoms with van der Waals surface area (Å²) in [6, 6.07) is 7.39. The van der Waals surface area contributed by atoms with Crippen molar-refractivity contribution in [1.82, 2.24) is 5.32 Å². The Morgan fingerprint density at radius 1 is 1.64 bits per heavy atom. The van der Waals surface area contributed by atoms with E-state index in [1.165, 1.54) is 0 Å². The molecule has 2 N–H and O–H groups in total. The third-order valence-electron chi connectivity index (χ3n) is 1.99. The topological polar surface area (TPSA) is 49.3 Å². The third kappa shape index (κ3) is 2.62. The first-order valence-electron chi connectivity index (χ1n) is 4.35. The molecule has 0 aromatic heterocycles. The van der Waals surface area contributed by atoms with E-state index in [9.17, 15) is 4.79 Å². The smallest absolute Gasteiger partial charge is 0.405 e. The monoisotopic (exact) mass is 191 g/mol. The summed E-state index contributed by atoms with van der Waals surface area (Å²) in [6.07, 6.45) is 0.721. The molecule has 0 radical (unpaired) electrons. The van der Waals surface area contributed by atoms with Crippen LogP contribution in [0.1, 0.15) is 24.1 Å². The lowest BCUT2D eigenvalue weighted by Crippen LogP contribution is -2.24. The van der Waals surface area contributed by atoms with Gasteiger partial charge in [0.25, 0.3) is 0 Å². The number of carboxylic acid groups (broad SMARTS) is 1. The Balaban J connectivity index is 2.83. The molecule has 0 saturated heterocycles. The minimum atomic E-state index is -1.01. The van der Waals surface area contributed by atoms with Crippen molar-refractivity contribution in [3.05, 3.63) is 42.0 Å². The van der Waals surface area contributed by atoms with Crippen molar-refractivity contribution in [2.45, 2.75) is 13.0 Å². The lowest BCUT2D eigenvalue weighted by atomic mass is 10.1. The normalized spacial score (nSPS) is 11.8. The molecule has 1 unspecified atom stereocenters. The summed E-state index contributed by atoms with van der Waals surface area (Å²) in [7, 11) is 0. The van der Waals surface area contributed by atoms with Crippen LogP contribution in [0.25, 0.3) is 6.08 Å². The van der Waals surface area contributed by atoms with Gasteiger partial charge in [-0.1, -0.05) is 30.9 Å². The molecule has 3 nitrogen and oxygen atoms in total. The lowest BCUT2D eigenvalue weighted by Gasteiger charge is -2.11. The van der Waals surface area contributed by atoms with Crippen molar-refractivity contribution < 1.29 is 9.90 Å². The highest BCUT2D eigenvalue weighted by Gasteiger charge is 2.07. The predicted octanol–water partition coefficient (Wildman–Crippen LogP) is 2.66. The molecule has 1 atom stereocenters. The largest absolute Gasteiger partial charge is 0.465 e. The van der Waals surface area contributed by atoms with Crippen molar-refractivity contribution in [2.75, 3.05) is 0 Å². The Kier molecular flexibility index (Phi) is 3.29. The second-order valence-electron chi connectivity index (χ2n) is 3.05. The molecule has 1 amide bonds. The zero-order chi connectivity index (χ0) is 10.6. The van der Waals surface area contributed by atoms with Crippen molar-refractivity contribution in [3.8, 4) is 0 Å². The number of hydrogen-bond acceptors (Lipinski definition) is 1. The molecular formula is C11H13NO2. The molecule has 1 rings (SSSR count). The summed E-state index contributed by atoms with van der Waals surface area (Å²) in [5.74, 6) is 0. The van der Waals surface area contributed by atoms with Gasteiger partial charge in [-0.2, -0.15) is 0 Å². The summed E-state index contributed by atoms with van der Waals surface area (Å²) in [6.45, 7) is 5.46. The summed E-state index contributed by atoms with van der Waals surface area (Å²) in [5.41, 5.74) is 1.92. The minimum Gasteiger partial charge on any atom is -0.465 e. The van der Waals surface area contributed by atoms with Crippen LogP contribution in [-0.4, -0.2) is 11.2 Å². The zero-order valence-electron chi connectivity index (χ0n) is 8.03. The third-order valence-corrected chi connectivity index (χ3v) is 1.99. The molecule has 3 heteroatoms. The molecule has 14 heavy (non-hydrogen) atoms. The number of rotatable bonds is 3. The standard InChI is InChI=1S/C11H13NO2/c1-3-9-5-4-6-10(7-9)8(2)12-11(13)14/h3-8,12H,1H2,2H3,(H,13,14). The predicted molar refractivity (Wildman–Crippen MR) is 56.1 cm³/mol. The van der Waals surface area contributed by atoms with E-state index in [0.717, 1.165) is 11.1 Å². The summed E-state index contributed by atoms with van der Waals surface area (Å²) >= 11 is 0. The van der Waals surface area contributed by atoms with Gasteiger partial charge in [0.05, 0.1) is 6.04 Å². The van der Waals surface area contributed by atoms with Crippen LogP contribution < -0.4 is 5.32 Å². The quantitative estimate of drug-likeness (QED) is 0.771. The van der Waals surface area contributed by atoms with Crippen LogP contribution in [0.4, 0.5) is 4.79 Å². The van der Waals surface area contributed by atoms with E-state index in [0.29, 0.717) is 0 Å². The van der Waals surface area contributed by atoms with Gasteiger partial charge in [-0.3, -0.25) is 0 Å². The van der Waals surface area contributed by atoms with Crippen molar-refractivity contribution in [3.63, 3.8) is 0 Å². The highest BCUT2D eigenvalue weighted by atomic mass is 16.4. The molecule has 0 aliphatic rings. The number of hydrogen-bond donors (Lipinski definition) is 2. The van der Waals surface area contributed by atoms with Crippen LogP contribution in [0.5, 0.6) is 0 Å². The van der Waals surface area contributed by atoms with Crippen molar-refractivity contribution in [2.24, 2.45) is 0 Å². The molecule has 1 aromatic carbocycles. The van der Waals surface area contributed by atoms with Gasteiger partial charge < -0.3 is 10.4 Å². The van der Waals surface area contributed by atoms with E-state index >= 15 is 0 Å². The van der Waals surface area contributed by atoms with E-state index < -0.39 is 6.09 Å². The van der Waals surface area contributed by atoms with Crippen LogP contribution in [-0.2, 0) is 0 Å². The highest BCUT2D eigenvalue weighted by Crippen LogP contribution is 2.14. The van der Waals surface area contributed by atoms with Crippen molar-refractivity contribution >= 4 is 12.2 Å². The lowest BCUT2D eigenvalue weighted by molar-refractivity contribution is 0.191. The van der Waals surface area contributed by atoms with E-state index in [1.54, 1.807) is 13.0 Å². The molecule has 0 aliphatic carbocycles. The maximum Gasteiger partial charge on any atom is 0.405 e. The van der Waals surface area contributed by atoms with Gasteiger partial charge in [0.2, 0.25) is 0 Å². The van der Waals surface area contributed by atoms with Gasteiger partial charge in [0, 0.05) is 0 Å². The van der Waals surface area contributed by atoms with Crippen LogP contribution in [0, 0.1) is 0 Å². The molecule has 1 aromatic rings. The van der Waals surface area contributed by atoms with Crippen LogP contribution in [0.2, 0.25) is 0 Å². The van der Waals surface area contributed by atoms with Crippen LogP contribution in [0.3, 0.4) is 0 Å². The van der Waals surface area contributed by atoms with E-state index in [1.807, 2.05) is 24.3 Å². The van der Waals surface area contributed by atoms with Gasteiger partial charge >= 0.3 is 6.09 Å². The number of amides is 1. The van der Waals surface area contributed by atoms with Crippen LogP contribution in [0.15, 0.2) is 30.8 Å². The molecule has 0 saturated carbocycles. The fraction of sp³-hybridized carbons (Fsp3) is 0.182. The first-order valence-corrected chi connectivity index (χ1v) is 4.35. The minimum absolute atomic E-state index is 0.201. The van der Waals surface area contributed by atoms with Crippen molar-refractivity contribution in [1.29, 1.82) is 0 Å². The molecule has 0 fully saturated rings. The van der Waals surface area contributed by atoms with Crippen LogP contribution >= 0.6 is 0 Å². The SMILES string of the molecule is C=Cc1cccc(C(C)NC(=O)O)c1. The second kappa shape index (κ2) is 4.46. The molecule has 0 spiro atoms. The average Bonchev–Trinajstić information content (AvgIpc) is 2.17. The molecule has 0 bridgehead atoms. The maximum atomic E-state index is 10.4. The van der Waals surface area contributed by atoms with Gasteiger partial charge in [0.15, 0.2) is 0 Å². The molecule has 74 valence electrons. The van der Waals surface area contributed by atoms with E-state index in [2.05, 4.69) is 11.9 Å². The van der Waals surface area contributed by atoms with Gasteiger partial charge in [-0.05, 0) is 24.1 Å². The summed E-state index contributed by atoms with van der Waals surface area (Å²) < 4.78 is 0. The number of nitrogens with one attached hydrogen (secondary N) is 1.